The van der Waals surface area contributed by atoms with Crippen LogP contribution in [0.5, 0.6) is 0 Å². The van der Waals surface area contributed by atoms with Crippen LogP contribution in [0.2, 0.25) is 0 Å². The first kappa shape index (κ1) is 14.0. The van der Waals surface area contributed by atoms with Crippen LogP contribution in [0.1, 0.15) is 46.5 Å². The van der Waals surface area contributed by atoms with Crippen molar-refractivity contribution in [2.75, 3.05) is 13.2 Å². The molecule has 1 aromatic heterocycles. The monoisotopic (exact) mass is 289 g/mol. The van der Waals surface area contributed by atoms with E-state index in [1.165, 1.54) is 6.20 Å². The summed E-state index contributed by atoms with van der Waals surface area (Å²) in [6.45, 7) is 1.17. The Morgan fingerprint density at radius 1 is 1.29 bits per heavy atom. The molecule has 0 radical (unpaired) electrons. The van der Waals surface area contributed by atoms with E-state index in [1.54, 1.807) is 12.1 Å². The summed E-state index contributed by atoms with van der Waals surface area (Å²) in [5.41, 5.74) is 5.84. The first-order valence-corrected chi connectivity index (χ1v) is 7.35. The fourth-order valence-electron chi connectivity index (χ4n) is 3.16. The van der Waals surface area contributed by atoms with Crippen molar-refractivity contribution < 1.29 is 14.3 Å². The Balaban J connectivity index is 1.78. The second-order valence-electron chi connectivity index (χ2n) is 5.56. The summed E-state index contributed by atoms with van der Waals surface area (Å²) < 4.78 is 5.77. The van der Waals surface area contributed by atoms with Gasteiger partial charge in [0, 0.05) is 12.7 Å². The minimum Gasteiger partial charge on any atom is -0.374 e. The van der Waals surface area contributed by atoms with Crippen molar-refractivity contribution >= 4 is 11.8 Å². The van der Waals surface area contributed by atoms with E-state index in [9.17, 15) is 9.59 Å². The Morgan fingerprint density at radius 2 is 2.10 bits per heavy atom. The molecule has 0 bridgehead atoms. The normalized spacial score (nSPS) is 25.2. The maximum Gasteiger partial charge on any atom is 0.272 e. The van der Waals surface area contributed by atoms with Crippen molar-refractivity contribution in [1.82, 2.24) is 9.88 Å². The maximum atomic E-state index is 12.6. The van der Waals surface area contributed by atoms with Gasteiger partial charge >= 0.3 is 0 Å². The highest BCUT2D eigenvalue weighted by Gasteiger charge is 2.37. The topological polar surface area (TPSA) is 85.5 Å². The molecule has 2 atom stereocenters. The molecule has 1 saturated carbocycles. The molecule has 2 fully saturated rings. The second-order valence-corrected chi connectivity index (χ2v) is 5.56. The largest absolute Gasteiger partial charge is 0.374 e. The predicted octanol–water partition coefficient (Wildman–Crippen LogP) is 0.964. The molecule has 0 spiro atoms. The number of nitrogens with zero attached hydrogens (tertiary/aromatic N) is 2. The highest BCUT2D eigenvalue weighted by atomic mass is 16.5. The molecule has 2 aliphatic rings. The van der Waals surface area contributed by atoms with Crippen molar-refractivity contribution in [3.05, 3.63) is 29.6 Å². The molecule has 21 heavy (non-hydrogen) atoms. The number of amides is 2. The number of fused-ring (bicyclic) bond motifs is 1. The van der Waals surface area contributed by atoms with Crippen molar-refractivity contribution in [1.29, 1.82) is 0 Å². The van der Waals surface area contributed by atoms with Crippen LogP contribution in [-0.4, -0.2) is 47.0 Å². The smallest absolute Gasteiger partial charge is 0.272 e. The van der Waals surface area contributed by atoms with E-state index in [4.69, 9.17) is 10.5 Å². The van der Waals surface area contributed by atoms with Crippen molar-refractivity contribution in [3.8, 4) is 0 Å². The van der Waals surface area contributed by atoms with E-state index in [2.05, 4.69) is 4.98 Å². The number of aromatic nitrogens is 1. The highest BCUT2D eigenvalue weighted by molar-refractivity contribution is 5.95. The van der Waals surface area contributed by atoms with Crippen LogP contribution >= 0.6 is 0 Å². The van der Waals surface area contributed by atoms with Gasteiger partial charge in [-0.3, -0.25) is 14.6 Å². The zero-order chi connectivity index (χ0) is 14.8. The van der Waals surface area contributed by atoms with Crippen LogP contribution in [0, 0.1) is 0 Å². The van der Waals surface area contributed by atoms with E-state index in [1.807, 2.05) is 4.90 Å². The van der Waals surface area contributed by atoms with Gasteiger partial charge in [0.2, 0.25) is 5.91 Å². The Hall–Kier alpha value is -1.95. The summed E-state index contributed by atoms with van der Waals surface area (Å²) in [6.07, 6.45) is 5.80. The molecule has 3 rings (SSSR count). The van der Waals surface area contributed by atoms with Crippen LogP contribution in [0.3, 0.4) is 0 Å². The molecule has 2 unspecified atom stereocenters. The van der Waals surface area contributed by atoms with Gasteiger partial charge in [-0.05, 0) is 25.0 Å². The van der Waals surface area contributed by atoms with Crippen molar-refractivity contribution in [2.24, 2.45) is 5.73 Å². The van der Waals surface area contributed by atoms with Crippen LogP contribution in [-0.2, 0) is 4.74 Å². The molecule has 6 nitrogen and oxygen atoms in total. The van der Waals surface area contributed by atoms with Crippen LogP contribution in [0.4, 0.5) is 0 Å². The van der Waals surface area contributed by atoms with E-state index < -0.39 is 5.91 Å². The Labute approximate surface area is 123 Å². The summed E-state index contributed by atoms with van der Waals surface area (Å²) in [5, 5.41) is 0. The zero-order valence-corrected chi connectivity index (χ0v) is 11.8. The number of morpholine rings is 1. The van der Waals surface area contributed by atoms with Crippen LogP contribution in [0.15, 0.2) is 18.3 Å². The van der Waals surface area contributed by atoms with Gasteiger partial charge in [0.25, 0.3) is 5.91 Å². The zero-order valence-electron chi connectivity index (χ0n) is 11.8. The standard InChI is InChI=1S/C15H19N3O3/c16-14(19)10-5-6-11(17-9-10)15(20)18-7-8-21-13-4-2-1-3-12(13)18/h5-6,9,12-13H,1-4,7-8H2,(H2,16,19). The van der Waals surface area contributed by atoms with Gasteiger partial charge < -0.3 is 15.4 Å². The quantitative estimate of drug-likeness (QED) is 0.879. The summed E-state index contributed by atoms with van der Waals surface area (Å²) >= 11 is 0. The van der Waals surface area contributed by atoms with Crippen LogP contribution in [0.25, 0.3) is 0 Å². The predicted molar refractivity (Wildman–Crippen MR) is 75.8 cm³/mol. The van der Waals surface area contributed by atoms with E-state index in [0.29, 0.717) is 24.4 Å². The van der Waals surface area contributed by atoms with E-state index >= 15 is 0 Å². The fourth-order valence-corrected chi connectivity index (χ4v) is 3.16. The third-order valence-corrected chi connectivity index (χ3v) is 4.26. The summed E-state index contributed by atoms with van der Waals surface area (Å²) in [7, 11) is 0. The number of ether oxygens (including phenoxy) is 1. The Kier molecular flexibility index (Phi) is 3.88. The maximum absolute atomic E-state index is 12.6. The lowest BCUT2D eigenvalue weighted by Crippen LogP contribution is -2.55. The molecule has 1 aromatic rings. The molecule has 1 aliphatic carbocycles. The van der Waals surface area contributed by atoms with Gasteiger partial charge in [-0.1, -0.05) is 12.8 Å². The van der Waals surface area contributed by atoms with Gasteiger partial charge in [-0.15, -0.1) is 0 Å². The highest BCUT2D eigenvalue weighted by Crippen LogP contribution is 2.29. The molecule has 2 N–H and O–H groups in total. The molecule has 2 heterocycles. The summed E-state index contributed by atoms with van der Waals surface area (Å²) in [6, 6.07) is 3.26. The molecular weight excluding hydrogens is 270 g/mol. The minimum absolute atomic E-state index is 0.0915. The number of hydrogen-bond acceptors (Lipinski definition) is 4. The molecule has 1 saturated heterocycles. The molecule has 112 valence electrons. The van der Waals surface area contributed by atoms with Gasteiger partial charge in [-0.25, -0.2) is 0 Å². The van der Waals surface area contributed by atoms with E-state index in [0.717, 1.165) is 25.7 Å². The number of hydrogen-bond donors (Lipinski definition) is 1. The average molecular weight is 289 g/mol. The second kappa shape index (κ2) is 5.81. The van der Waals surface area contributed by atoms with E-state index in [-0.39, 0.29) is 18.1 Å². The first-order chi connectivity index (χ1) is 10.2. The number of primary amides is 1. The number of carbonyl (C=O) groups excluding carboxylic acids is 2. The first-order valence-electron chi connectivity index (χ1n) is 7.35. The fraction of sp³-hybridized carbons (Fsp3) is 0.533. The number of pyridine rings is 1. The van der Waals surface area contributed by atoms with Crippen LogP contribution < -0.4 is 5.73 Å². The average Bonchev–Trinajstić information content (AvgIpc) is 2.53. The molecule has 2 amide bonds. The van der Waals surface area contributed by atoms with Crippen molar-refractivity contribution in [2.45, 2.75) is 37.8 Å². The lowest BCUT2D eigenvalue weighted by atomic mass is 9.90. The lowest BCUT2D eigenvalue weighted by Gasteiger charge is -2.43. The summed E-state index contributed by atoms with van der Waals surface area (Å²) in [5.74, 6) is -0.633. The number of rotatable bonds is 2. The molecule has 1 aliphatic heterocycles. The van der Waals surface area contributed by atoms with Crippen molar-refractivity contribution in [3.63, 3.8) is 0 Å². The SMILES string of the molecule is NC(=O)c1ccc(C(=O)N2CCOC3CCCCC32)nc1. The third-order valence-electron chi connectivity index (χ3n) is 4.26. The van der Waals surface area contributed by atoms with Gasteiger partial charge in [0.1, 0.15) is 5.69 Å². The Bertz CT molecular complexity index is 542. The Morgan fingerprint density at radius 3 is 2.81 bits per heavy atom. The van der Waals surface area contributed by atoms with Gasteiger partial charge in [-0.2, -0.15) is 0 Å². The molecule has 0 aromatic carbocycles. The lowest BCUT2D eigenvalue weighted by molar-refractivity contribution is -0.0754. The van der Waals surface area contributed by atoms with Gasteiger partial charge in [0.05, 0.1) is 24.3 Å². The third kappa shape index (κ3) is 2.76. The molecular formula is C15H19N3O3. The molecule has 6 heteroatoms. The summed E-state index contributed by atoms with van der Waals surface area (Å²) in [4.78, 5) is 29.6. The van der Waals surface area contributed by atoms with Gasteiger partial charge in [0.15, 0.2) is 0 Å². The number of carbonyl (C=O) groups is 2. The minimum atomic E-state index is -0.541. The number of nitrogens with two attached hydrogens (primary N) is 1.